The lowest BCUT2D eigenvalue weighted by molar-refractivity contribution is -0.119. The number of nitrogens with zero attached hydrogens (tertiary/aromatic N) is 2. The van der Waals surface area contributed by atoms with Crippen LogP contribution in [-0.2, 0) is 4.79 Å². The Morgan fingerprint density at radius 3 is 2.86 bits per heavy atom. The summed E-state index contributed by atoms with van der Waals surface area (Å²) in [6.07, 6.45) is 3.62. The highest BCUT2D eigenvalue weighted by Crippen LogP contribution is 2.22. The molecule has 0 bridgehead atoms. The van der Waals surface area contributed by atoms with E-state index in [1.54, 1.807) is 13.1 Å². The largest absolute Gasteiger partial charge is 0.394 e. The van der Waals surface area contributed by atoms with Gasteiger partial charge in [-0.15, -0.1) is 0 Å². The molecule has 0 aliphatic heterocycles. The van der Waals surface area contributed by atoms with E-state index >= 15 is 0 Å². The van der Waals surface area contributed by atoms with Crippen LogP contribution in [0.25, 0.3) is 5.69 Å². The number of imidazole rings is 1. The van der Waals surface area contributed by atoms with Crippen molar-refractivity contribution in [3.05, 3.63) is 41.7 Å². The Hall–Kier alpha value is -1.79. The number of aryl methyl sites for hydroxylation is 2. The maximum absolute atomic E-state index is 11.8. The molecule has 6 heteroatoms. The fraction of sp³-hybridized carbons (Fsp3) is 0.375. The summed E-state index contributed by atoms with van der Waals surface area (Å²) in [6, 6.07) is 6.00. The number of nitrogens with one attached hydrogen (secondary N) is 1. The van der Waals surface area contributed by atoms with Gasteiger partial charge in [0.15, 0.2) is 5.16 Å². The maximum atomic E-state index is 11.8. The highest BCUT2D eigenvalue weighted by molar-refractivity contribution is 7.99. The monoisotopic (exact) mass is 319 g/mol. The first-order valence-corrected chi connectivity index (χ1v) is 8.14. The van der Waals surface area contributed by atoms with Gasteiger partial charge in [0.1, 0.15) is 0 Å². The number of aliphatic hydroxyl groups excluding tert-OH is 1. The summed E-state index contributed by atoms with van der Waals surface area (Å²) in [6.45, 7) is 5.86. The van der Waals surface area contributed by atoms with E-state index in [0.717, 1.165) is 10.8 Å². The van der Waals surface area contributed by atoms with Gasteiger partial charge >= 0.3 is 0 Å². The summed E-state index contributed by atoms with van der Waals surface area (Å²) in [5, 5.41) is 12.4. The Morgan fingerprint density at radius 1 is 1.41 bits per heavy atom. The van der Waals surface area contributed by atoms with Crippen molar-refractivity contribution in [1.29, 1.82) is 0 Å². The molecule has 1 aromatic heterocycles. The first kappa shape index (κ1) is 16.6. The van der Waals surface area contributed by atoms with E-state index in [1.165, 1.54) is 22.9 Å². The van der Waals surface area contributed by atoms with Crippen LogP contribution < -0.4 is 5.32 Å². The van der Waals surface area contributed by atoms with Crippen molar-refractivity contribution in [3.8, 4) is 5.69 Å². The minimum atomic E-state index is -0.229. The van der Waals surface area contributed by atoms with Gasteiger partial charge in [-0.25, -0.2) is 4.98 Å². The molecular formula is C16H21N3O2S. The predicted molar refractivity (Wildman–Crippen MR) is 88.5 cm³/mol. The highest BCUT2D eigenvalue weighted by Gasteiger charge is 2.11. The van der Waals surface area contributed by atoms with Crippen LogP contribution >= 0.6 is 11.8 Å². The van der Waals surface area contributed by atoms with Crippen molar-refractivity contribution >= 4 is 17.7 Å². The molecule has 1 unspecified atom stereocenters. The number of benzene rings is 1. The summed E-state index contributed by atoms with van der Waals surface area (Å²) >= 11 is 1.38. The predicted octanol–water partition coefficient (Wildman–Crippen LogP) is 2.08. The Bertz CT molecular complexity index is 655. The van der Waals surface area contributed by atoms with Crippen molar-refractivity contribution in [2.45, 2.75) is 32.0 Å². The van der Waals surface area contributed by atoms with E-state index in [4.69, 9.17) is 5.11 Å². The number of amides is 1. The third kappa shape index (κ3) is 4.11. The second-order valence-corrected chi connectivity index (χ2v) is 6.23. The van der Waals surface area contributed by atoms with Crippen LogP contribution in [0.3, 0.4) is 0 Å². The third-order valence-corrected chi connectivity index (χ3v) is 4.36. The Morgan fingerprint density at radius 2 is 2.18 bits per heavy atom. The molecule has 1 aromatic carbocycles. The molecule has 5 nitrogen and oxygen atoms in total. The Balaban J connectivity index is 2.06. The first-order chi connectivity index (χ1) is 10.5. The van der Waals surface area contributed by atoms with Crippen molar-refractivity contribution < 1.29 is 9.90 Å². The van der Waals surface area contributed by atoms with E-state index in [0.29, 0.717) is 0 Å². The number of aliphatic hydroxyl groups is 1. The molecule has 2 rings (SSSR count). The number of aromatic nitrogens is 2. The topological polar surface area (TPSA) is 67.2 Å². The number of carbonyl (C=O) groups excluding carboxylic acids is 1. The van der Waals surface area contributed by atoms with Gasteiger partial charge in [0.2, 0.25) is 5.91 Å². The zero-order valence-electron chi connectivity index (χ0n) is 13.0. The molecule has 1 heterocycles. The SMILES string of the molecule is Cc1ccc(-n2ccnc2SCC(=O)NC(C)CO)cc1C. The summed E-state index contributed by atoms with van der Waals surface area (Å²) in [7, 11) is 0. The molecule has 22 heavy (non-hydrogen) atoms. The van der Waals surface area contributed by atoms with Crippen molar-refractivity contribution in [1.82, 2.24) is 14.9 Å². The molecule has 0 saturated heterocycles. The molecule has 0 saturated carbocycles. The van der Waals surface area contributed by atoms with Crippen LogP contribution in [0.15, 0.2) is 35.7 Å². The molecule has 2 aromatic rings. The van der Waals surface area contributed by atoms with Gasteiger partial charge < -0.3 is 10.4 Å². The Kier molecular flexibility index (Phi) is 5.63. The average Bonchev–Trinajstić information content (AvgIpc) is 2.96. The first-order valence-electron chi connectivity index (χ1n) is 7.15. The lowest BCUT2D eigenvalue weighted by Gasteiger charge is -2.11. The molecule has 0 aliphatic carbocycles. The molecule has 0 radical (unpaired) electrons. The molecular weight excluding hydrogens is 298 g/mol. The summed E-state index contributed by atoms with van der Waals surface area (Å²) in [5.41, 5.74) is 3.50. The minimum Gasteiger partial charge on any atom is -0.394 e. The maximum Gasteiger partial charge on any atom is 0.230 e. The van der Waals surface area contributed by atoms with Crippen LogP contribution in [0, 0.1) is 13.8 Å². The van der Waals surface area contributed by atoms with Crippen LogP contribution in [-0.4, -0.2) is 39.0 Å². The zero-order valence-corrected chi connectivity index (χ0v) is 13.9. The highest BCUT2D eigenvalue weighted by atomic mass is 32.2. The van der Waals surface area contributed by atoms with Crippen molar-refractivity contribution in [3.63, 3.8) is 0 Å². The molecule has 1 atom stereocenters. The van der Waals surface area contributed by atoms with Gasteiger partial charge in [0, 0.05) is 24.1 Å². The van der Waals surface area contributed by atoms with Crippen LogP contribution in [0.2, 0.25) is 0 Å². The van der Waals surface area contributed by atoms with Crippen LogP contribution in [0.4, 0.5) is 0 Å². The van der Waals surface area contributed by atoms with Gasteiger partial charge in [-0.1, -0.05) is 17.8 Å². The standard InChI is InChI=1S/C16H21N3O2S/c1-11-4-5-14(8-12(11)2)19-7-6-17-16(19)22-10-15(21)18-13(3)9-20/h4-8,13,20H,9-10H2,1-3H3,(H,18,21). The molecule has 0 fully saturated rings. The second-order valence-electron chi connectivity index (χ2n) is 5.29. The number of hydrogen-bond donors (Lipinski definition) is 2. The van der Waals surface area contributed by atoms with E-state index in [9.17, 15) is 4.79 Å². The van der Waals surface area contributed by atoms with E-state index in [2.05, 4.69) is 36.3 Å². The summed E-state index contributed by atoms with van der Waals surface area (Å²) in [5.74, 6) is 0.160. The van der Waals surface area contributed by atoms with Crippen LogP contribution in [0.5, 0.6) is 0 Å². The zero-order chi connectivity index (χ0) is 16.1. The second kappa shape index (κ2) is 7.47. The van der Waals surface area contributed by atoms with E-state index in [1.807, 2.05) is 16.8 Å². The third-order valence-electron chi connectivity index (χ3n) is 3.39. The van der Waals surface area contributed by atoms with Gasteiger partial charge in [-0.3, -0.25) is 9.36 Å². The lowest BCUT2D eigenvalue weighted by atomic mass is 10.1. The molecule has 0 aliphatic rings. The number of carbonyl (C=O) groups is 1. The number of rotatable bonds is 6. The summed E-state index contributed by atoms with van der Waals surface area (Å²) in [4.78, 5) is 16.1. The molecule has 118 valence electrons. The van der Waals surface area contributed by atoms with Gasteiger partial charge in [-0.2, -0.15) is 0 Å². The summed E-state index contributed by atoms with van der Waals surface area (Å²) < 4.78 is 1.97. The number of thioether (sulfide) groups is 1. The Labute approximate surface area is 134 Å². The smallest absolute Gasteiger partial charge is 0.230 e. The average molecular weight is 319 g/mol. The lowest BCUT2D eigenvalue weighted by Crippen LogP contribution is -2.36. The van der Waals surface area contributed by atoms with Crippen molar-refractivity contribution in [2.24, 2.45) is 0 Å². The van der Waals surface area contributed by atoms with Crippen LogP contribution in [0.1, 0.15) is 18.1 Å². The van der Waals surface area contributed by atoms with Gasteiger partial charge in [0.05, 0.1) is 12.4 Å². The molecule has 1 amide bonds. The van der Waals surface area contributed by atoms with Gasteiger partial charge in [-0.05, 0) is 44.0 Å². The molecule has 2 N–H and O–H groups in total. The van der Waals surface area contributed by atoms with Crippen molar-refractivity contribution in [2.75, 3.05) is 12.4 Å². The quantitative estimate of drug-likeness (QED) is 0.800. The van der Waals surface area contributed by atoms with E-state index in [-0.39, 0.29) is 24.3 Å². The normalized spacial score (nSPS) is 12.2. The fourth-order valence-electron chi connectivity index (χ4n) is 1.96. The van der Waals surface area contributed by atoms with Gasteiger partial charge in [0.25, 0.3) is 0 Å². The van der Waals surface area contributed by atoms with E-state index < -0.39 is 0 Å². The molecule has 0 spiro atoms. The fourth-order valence-corrected chi connectivity index (χ4v) is 2.74. The minimum absolute atomic E-state index is 0.0618. The number of hydrogen-bond acceptors (Lipinski definition) is 4.